The predicted octanol–water partition coefficient (Wildman–Crippen LogP) is 3.49. The van der Waals surface area contributed by atoms with Crippen LogP contribution in [0, 0.1) is 10.1 Å². The normalized spacial score (nSPS) is 12.7. The number of fused-ring (bicyclic) bond motifs is 2. The molecule has 4 aromatic rings. The molecule has 0 saturated carbocycles. The average molecular weight is 471 g/mol. The maximum atomic E-state index is 12.9. The molecule has 0 atom stereocenters. The van der Waals surface area contributed by atoms with E-state index >= 15 is 0 Å². The van der Waals surface area contributed by atoms with Crippen molar-refractivity contribution in [3.8, 4) is 17.2 Å². The number of anilines is 1. The van der Waals surface area contributed by atoms with Crippen molar-refractivity contribution in [2.24, 2.45) is 0 Å². The number of carbonyl (C=O) groups excluding carboxylic acids is 3. The topological polar surface area (TPSA) is 150 Å². The third kappa shape index (κ3) is 3.70. The van der Waals surface area contributed by atoms with E-state index in [9.17, 15) is 29.3 Å². The molecule has 11 nitrogen and oxygen atoms in total. The number of esters is 1. The van der Waals surface area contributed by atoms with Gasteiger partial charge < -0.3 is 9.15 Å². The van der Waals surface area contributed by atoms with Crippen LogP contribution in [0.3, 0.4) is 0 Å². The minimum atomic E-state index is -0.718. The fourth-order valence-electron chi connectivity index (χ4n) is 3.76. The van der Waals surface area contributed by atoms with Crippen LogP contribution in [0.25, 0.3) is 22.4 Å². The third-order valence-electron chi connectivity index (χ3n) is 5.29. The zero-order chi connectivity index (χ0) is 24.9. The van der Waals surface area contributed by atoms with Crippen molar-refractivity contribution in [3.63, 3.8) is 0 Å². The second-order valence-electron chi connectivity index (χ2n) is 7.56. The summed E-state index contributed by atoms with van der Waals surface area (Å²) in [5.74, 6) is -1.79. The van der Waals surface area contributed by atoms with Gasteiger partial charge in [-0.1, -0.05) is 6.07 Å². The second-order valence-corrected chi connectivity index (χ2v) is 7.56. The van der Waals surface area contributed by atoms with Crippen molar-refractivity contribution in [3.05, 3.63) is 92.3 Å². The average Bonchev–Trinajstić information content (AvgIpc) is 3.07. The summed E-state index contributed by atoms with van der Waals surface area (Å²) < 4.78 is 10.4. The van der Waals surface area contributed by atoms with Crippen LogP contribution < -0.4 is 15.3 Å². The maximum Gasteiger partial charge on any atom is 0.347 e. The maximum absolute atomic E-state index is 12.9. The van der Waals surface area contributed by atoms with Gasteiger partial charge in [0.25, 0.3) is 17.5 Å². The largest absolute Gasteiger partial charge is 0.427 e. The molecule has 0 fully saturated rings. The van der Waals surface area contributed by atoms with E-state index < -0.39 is 28.3 Å². The monoisotopic (exact) mass is 471 g/mol. The molecule has 0 saturated heterocycles. The number of benzene rings is 3. The standard InChI is InChI=1S/C24H13N3O8/c1-12(28)34-16-6-8-18-20(11-16)25-21(35-24(18)31)13-3-2-4-14(9-13)26-22(29)17-7-5-15(27(32)33)10-19(17)23(26)30/h2-11H,1H3. The van der Waals surface area contributed by atoms with Gasteiger partial charge in [0.1, 0.15) is 5.75 Å². The van der Waals surface area contributed by atoms with Crippen LogP contribution >= 0.6 is 0 Å². The first-order valence-corrected chi connectivity index (χ1v) is 10.1. The number of imide groups is 1. The van der Waals surface area contributed by atoms with E-state index in [1.807, 2.05) is 0 Å². The van der Waals surface area contributed by atoms with Gasteiger partial charge in [-0.2, -0.15) is 0 Å². The van der Waals surface area contributed by atoms with Crippen LogP contribution in [0.4, 0.5) is 11.4 Å². The molecule has 0 spiro atoms. The van der Waals surface area contributed by atoms with Crippen LogP contribution in [-0.4, -0.2) is 27.7 Å². The number of hydrogen-bond acceptors (Lipinski definition) is 9. The molecule has 0 unspecified atom stereocenters. The summed E-state index contributed by atoms with van der Waals surface area (Å²) in [6.07, 6.45) is 0. The number of ether oxygens (including phenoxy) is 1. The first kappa shape index (κ1) is 21.6. The zero-order valence-electron chi connectivity index (χ0n) is 17.9. The molecular formula is C24H13N3O8. The number of aromatic nitrogens is 1. The molecule has 172 valence electrons. The number of amides is 2. The Morgan fingerprint density at radius 1 is 1.00 bits per heavy atom. The Morgan fingerprint density at radius 3 is 2.51 bits per heavy atom. The summed E-state index contributed by atoms with van der Waals surface area (Å²) in [7, 11) is 0. The Kier molecular flexibility index (Phi) is 4.94. The summed E-state index contributed by atoms with van der Waals surface area (Å²) in [5, 5.41) is 11.2. The van der Waals surface area contributed by atoms with E-state index in [0.717, 1.165) is 17.0 Å². The number of hydrogen-bond donors (Lipinski definition) is 0. The Balaban J connectivity index is 1.56. The van der Waals surface area contributed by atoms with Gasteiger partial charge >= 0.3 is 11.6 Å². The van der Waals surface area contributed by atoms with Crippen molar-refractivity contribution < 1.29 is 28.5 Å². The van der Waals surface area contributed by atoms with E-state index in [-0.39, 0.29) is 45.0 Å². The van der Waals surface area contributed by atoms with Gasteiger partial charge in [-0.05, 0) is 36.4 Å². The van der Waals surface area contributed by atoms with E-state index in [1.54, 1.807) is 6.07 Å². The molecule has 1 aliphatic rings. The number of non-ortho nitro benzene ring substituents is 1. The first-order chi connectivity index (χ1) is 16.7. The van der Waals surface area contributed by atoms with Gasteiger partial charge in [0.05, 0.1) is 32.6 Å². The Labute approximate surface area is 195 Å². The Bertz CT molecular complexity index is 1660. The summed E-state index contributed by atoms with van der Waals surface area (Å²) in [6, 6.07) is 13.8. The molecule has 0 radical (unpaired) electrons. The number of rotatable bonds is 4. The second kappa shape index (κ2) is 7.99. The minimum absolute atomic E-state index is 0.0411. The van der Waals surface area contributed by atoms with Gasteiger partial charge in [0.15, 0.2) is 0 Å². The van der Waals surface area contributed by atoms with Crippen molar-refractivity contribution in [2.45, 2.75) is 6.92 Å². The third-order valence-corrected chi connectivity index (χ3v) is 5.29. The van der Waals surface area contributed by atoms with Crippen molar-refractivity contribution in [2.75, 3.05) is 4.90 Å². The van der Waals surface area contributed by atoms with Crippen LogP contribution in [0.5, 0.6) is 5.75 Å². The summed E-state index contributed by atoms with van der Waals surface area (Å²) in [6.45, 7) is 1.24. The molecule has 1 aliphatic heterocycles. The zero-order valence-corrected chi connectivity index (χ0v) is 17.9. The lowest BCUT2D eigenvalue weighted by Crippen LogP contribution is -2.29. The van der Waals surface area contributed by atoms with E-state index in [4.69, 9.17) is 9.15 Å². The van der Waals surface area contributed by atoms with Crippen LogP contribution in [0.15, 0.2) is 69.9 Å². The molecule has 35 heavy (non-hydrogen) atoms. The Morgan fingerprint density at radius 2 is 1.77 bits per heavy atom. The molecule has 0 aliphatic carbocycles. The van der Waals surface area contributed by atoms with E-state index in [0.29, 0.717) is 5.56 Å². The Hall–Kier alpha value is -5.19. The molecule has 3 aromatic carbocycles. The summed E-state index contributed by atoms with van der Waals surface area (Å²) in [5.41, 5.74) is -0.360. The quantitative estimate of drug-likeness (QED) is 0.143. The molecule has 5 rings (SSSR count). The molecular weight excluding hydrogens is 458 g/mol. The van der Waals surface area contributed by atoms with Crippen LogP contribution in [-0.2, 0) is 4.79 Å². The molecule has 0 N–H and O–H groups in total. The van der Waals surface area contributed by atoms with Crippen molar-refractivity contribution >= 4 is 40.1 Å². The smallest absolute Gasteiger partial charge is 0.347 e. The highest BCUT2D eigenvalue weighted by Crippen LogP contribution is 2.33. The van der Waals surface area contributed by atoms with Gasteiger partial charge in [-0.3, -0.25) is 24.5 Å². The van der Waals surface area contributed by atoms with Crippen molar-refractivity contribution in [1.82, 2.24) is 4.98 Å². The summed E-state index contributed by atoms with van der Waals surface area (Å²) in [4.78, 5) is 65.2. The molecule has 0 bridgehead atoms. The number of nitro benzene ring substituents is 1. The van der Waals surface area contributed by atoms with Gasteiger partial charge in [0.2, 0.25) is 5.89 Å². The summed E-state index contributed by atoms with van der Waals surface area (Å²) >= 11 is 0. The van der Waals surface area contributed by atoms with Crippen molar-refractivity contribution in [1.29, 1.82) is 0 Å². The molecule has 2 amide bonds. The number of nitro groups is 1. The number of carbonyl (C=O) groups is 3. The fourth-order valence-corrected chi connectivity index (χ4v) is 3.76. The highest BCUT2D eigenvalue weighted by Gasteiger charge is 2.38. The van der Waals surface area contributed by atoms with E-state index in [2.05, 4.69) is 4.98 Å². The fraction of sp³-hybridized carbons (Fsp3) is 0.0417. The lowest BCUT2D eigenvalue weighted by atomic mass is 10.1. The van der Waals surface area contributed by atoms with Gasteiger partial charge in [0, 0.05) is 30.7 Å². The van der Waals surface area contributed by atoms with Gasteiger partial charge in [-0.15, -0.1) is 0 Å². The van der Waals surface area contributed by atoms with E-state index in [1.165, 1.54) is 49.4 Å². The molecule has 2 heterocycles. The lowest BCUT2D eigenvalue weighted by molar-refractivity contribution is -0.384. The lowest BCUT2D eigenvalue weighted by Gasteiger charge is -2.14. The number of nitrogens with zero attached hydrogens (tertiary/aromatic N) is 3. The van der Waals surface area contributed by atoms with Crippen LogP contribution in [0.2, 0.25) is 0 Å². The highest BCUT2D eigenvalue weighted by molar-refractivity contribution is 6.34. The van der Waals surface area contributed by atoms with Crippen LogP contribution in [0.1, 0.15) is 27.6 Å². The first-order valence-electron chi connectivity index (χ1n) is 10.1. The molecule has 1 aromatic heterocycles. The molecule has 11 heteroatoms. The predicted molar refractivity (Wildman–Crippen MR) is 121 cm³/mol. The SMILES string of the molecule is CC(=O)Oc1ccc2c(=O)oc(-c3cccc(N4C(=O)c5ccc([N+](=O)[O-])cc5C4=O)c3)nc2c1. The highest BCUT2D eigenvalue weighted by atomic mass is 16.6. The minimum Gasteiger partial charge on any atom is -0.427 e. The van der Waals surface area contributed by atoms with Gasteiger partial charge in [-0.25, -0.2) is 14.7 Å².